The molecular formula is C26H29N3O4S. The second kappa shape index (κ2) is 9.38. The highest BCUT2D eigenvalue weighted by atomic mass is 32.2. The molecule has 1 fully saturated rings. The topological polar surface area (TPSA) is 90.0 Å². The van der Waals surface area contributed by atoms with Crippen molar-refractivity contribution in [2.45, 2.75) is 25.7 Å². The summed E-state index contributed by atoms with van der Waals surface area (Å²) in [5.41, 5.74) is 4.37. The van der Waals surface area contributed by atoms with Crippen LogP contribution in [0.5, 0.6) is 0 Å². The maximum absolute atomic E-state index is 13.1. The zero-order chi connectivity index (χ0) is 24.5. The number of carbonyl (C=O) groups is 1. The third-order valence-corrected chi connectivity index (χ3v) is 7.83. The number of aromatic carboxylic acids is 1. The summed E-state index contributed by atoms with van der Waals surface area (Å²) in [6, 6.07) is 18.5. The summed E-state index contributed by atoms with van der Waals surface area (Å²) < 4.78 is 28.7. The number of nitrogens with zero attached hydrogens (tertiary/aromatic N) is 2. The Kier molecular flexibility index (Phi) is 6.52. The van der Waals surface area contributed by atoms with E-state index in [4.69, 9.17) is 0 Å². The molecule has 178 valence electrons. The van der Waals surface area contributed by atoms with Crippen molar-refractivity contribution in [3.05, 3.63) is 82.9 Å². The average molecular weight is 480 g/mol. The second-order valence-corrected chi connectivity index (χ2v) is 10.3. The van der Waals surface area contributed by atoms with Gasteiger partial charge in [0, 0.05) is 37.6 Å². The standard InChI is InChI=1S/C26H29N3O4S/c1-18-15-20(3)25(16-19(18)2)34(32,33)27-24-10-9-22(17-23(24)26(30)31)29-13-11-28(12-14-29)21-7-5-4-6-8-21/h4-10,15-17,27H,11-14H2,1-3H3,(H,30,31). The van der Waals surface area contributed by atoms with Crippen LogP contribution in [0.15, 0.2) is 65.6 Å². The lowest BCUT2D eigenvalue weighted by molar-refractivity contribution is 0.0698. The lowest BCUT2D eigenvalue weighted by Gasteiger charge is -2.37. The molecule has 0 aliphatic carbocycles. The fourth-order valence-electron chi connectivity index (χ4n) is 4.28. The minimum atomic E-state index is -3.95. The van der Waals surface area contributed by atoms with Crippen molar-refractivity contribution in [3.63, 3.8) is 0 Å². The van der Waals surface area contributed by atoms with Gasteiger partial charge in [0.2, 0.25) is 0 Å². The Labute approximate surface area is 200 Å². The molecule has 2 N–H and O–H groups in total. The van der Waals surface area contributed by atoms with Crippen LogP contribution < -0.4 is 14.5 Å². The van der Waals surface area contributed by atoms with E-state index < -0.39 is 16.0 Å². The molecule has 1 heterocycles. The number of rotatable bonds is 6. The fraction of sp³-hybridized carbons (Fsp3) is 0.269. The van der Waals surface area contributed by atoms with E-state index in [0.29, 0.717) is 5.56 Å². The van der Waals surface area contributed by atoms with Gasteiger partial charge in [-0.3, -0.25) is 4.72 Å². The van der Waals surface area contributed by atoms with Gasteiger partial charge in [-0.2, -0.15) is 0 Å². The van der Waals surface area contributed by atoms with E-state index in [-0.39, 0.29) is 16.1 Å². The number of carboxylic acids is 1. The number of piperazine rings is 1. The first kappa shape index (κ1) is 23.6. The predicted octanol–water partition coefficient (Wildman–Crippen LogP) is 4.44. The zero-order valence-corrected chi connectivity index (χ0v) is 20.4. The molecule has 34 heavy (non-hydrogen) atoms. The molecule has 0 saturated carbocycles. The van der Waals surface area contributed by atoms with Crippen LogP contribution in [0, 0.1) is 20.8 Å². The molecule has 1 saturated heterocycles. The summed E-state index contributed by atoms with van der Waals surface area (Å²) in [4.78, 5) is 16.6. The number of sulfonamides is 1. The first-order valence-corrected chi connectivity index (χ1v) is 12.7. The minimum Gasteiger partial charge on any atom is -0.478 e. The number of nitrogens with one attached hydrogen (secondary N) is 1. The Bertz CT molecular complexity index is 1320. The van der Waals surface area contributed by atoms with Crippen LogP contribution in [0.2, 0.25) is 0 Å². The summed E-state index contributed by atoms with van der Waals surface area (Å²) in [7, 11) is -3.95. The van der Waals surface area contributed by atoms with Crippen molar-refractivity contribution < 1.29 is 18.3 Å². The monoisotopic (exact) mass is 479 g/mol. The van der Waals surface area contributed by atoms with Crippen LogP contribution in [0.25, 0.3) is 0 Å². The van der Waals surface area contributed by atoms with Crippen molar-refractivity contribution in [3.8, 4) is 0 Å². The number of carboxylic acid groups (broad SMARTS) is 1. The van der Waals surface area contributed by atoms with Crippen LogP contribution in [0.4, 0.5) is 17.1 Å². The number of aryl methyl sites for hydroxylation is 3. The van der Waals surface area contributed by atoms with Crippen molar-refractivity contribution in [1.82, 2.24) is 0 Å². The third-order valence-electron chi connectivity index (χ3n) is 6.32. The number of hydrogen-bond acceptors (Lipinski definition) is 5. The molecule has 7 nitrogen and oxygen atoms in total. The maximum Gasteiger partial charge on any atom is 0.337 e. The molecule has 0 unspecified atom stereocenters. The second-order valence-electron chi connectivity index (χ2n) is 8.65. The predicted molar refractivity (Wildman–Crippen MR) is 136 cm³/mol. The van der Waals surface area contributed by atoms with Crippen molar-refractivity contribution in [2.24, 2.45) is 0 Å². The van der Waals surface area contributed by atoms with Crippen LogP contribution in [-0.4, -0.2) is 45.7 Å². The summed E-state index contributed by atoms with van der Waals surface area (Å²) >= 11 is 0. The molecule has 0 amide bonds. The highest BCUT2D eigenvalue weighted by molar-refractivity contribution is 7.92. The molecular weight excluding hydrogens is 450 g/mol. The number of para-hydroxylation sites is 1. The smallest absolute Gasteiger partial charge is 0.337 e. The Balaban J connectivity index is 1.56. The summed E-state index contributed by atoms with van der Waals surface area (Å²) in [6.07, 6.45) is 0. The fourth-order valence-corrected chi connectivity index (χ4v) is 5.67. The van der Waals surface area contributed by atoms with Crippen molar-refractivity contribution >= 4 is 33.1 Å². The Morgan fingerprint density at radius 1 is 0.794 bits per heavy atom. The summed E-state index contributed by atoms with van der Waals surface area (Å²) in [5.74, 6) is -1.18. The van der Waals surface area contributed by atoms with E-state index in [9.17, 15) is 18.3 Å². The van der Waals surface area contributed by atoms with E-state index >= 15 is 0 Å². The third kappa shape index (κ3) is 4.87. The molecule has 0 atom stereocenters. The minimum absolute atomic E-state index is 0.0526. The number of anilines is 3. The van der Waals surface area contributed by atoms with Gasteiger partial charge in [0.25, 0.3) is 10.0 Å². The Morgan fingerprint density at radius 2 is 1.38 bits per heavy atom. The van der Waals surface area contributed by atoms with Gasteiger partial charge in [0.1, 0.15) is 0 Å². The number of hydrogen-bond donors (Lipinski definition) is 2. The first-order chi connectivity index (χ1) is 16.2. The quantitative estimate of drug-likeness (QED) is 0.543. The Hall–Kier alpha value is -3.52. The Morgan fingerprint density at radius 3 is 2.00 bits per heavy atom. The molecule has 8 heteroatoms. The lowest BCUT2D eigenvalue weighted by Crippen LogP contribution is -2.46. The van der Waals surface area contributed by atoms with Crippen LogP contribution in [-0.2, 0) is 10.0 Å². The van der Waals surface area contributed by atoms with E-state index in [1.54, 1.807) is 25.1 Å². The highest BCUT2D eigenvalue weighted by Crippen LogP contribution is 2.29. The summed E-state index contributed by atoms with van der Waals surface area (Å²) in [6.45, 7) is 8.61. The highest BCUT2D eigenvalue weighted by Gasteiger charge is 2.23. The van der Waals surface area contributed by atoms with Crippen LogP contribution in [0.3, 0.4) is 0 Å². The maximum atomic E-state index is 13.1. The first-order valence-electron chi connectivity index (χ1n) is 11.2. The molecule has 3 aromatic carbocycles. The van der Waals surface area contributed by atoms with Crippen molar-refractivity contribution in [1.29, 1.82) is 0 Å². The number of benzene rings is 3. The van der Waals surface area contributed by atoms with E-state index in [1.165, 1.54) is 11.8 Å². The molecule has 1 aliphatic heterocycles. The van der Waals surface area contributed by atoms with Gasteiger partial charge in [-0.1, -0.05) is 24.3 Å². The van der Waals surface area contributed by atoms with Gasteiger partial charge in [-0.15, -0.1) is 0 Å². The van der Waals surface area contributed by atoms with Gasteiger partial charge in [-0.25, -0.2) is 13.2 Å². The molecule has 0 radical (unpaired) electrons. The van der Waals surface area contributed by atoms with Gasteiger partial charge in [0.05, 0.1) is 16.1 Å². The van der Waals surface area contributed by atoms with E-state index in [0.717, 1.165) is 43.0 Å². The van der Waals surface area contributed by atoms with Gasteiger partial charge in [0.15, 0.2) is 0 Å². The van der Waals surface area contributed by atoms with Gasteiger partial charge in [-0.05, 0) is 73.9 Å². The molecule has 3 aromatic rings. The molecule has 0 bridgehead atoms. The van der Waals surface area contributed by atoms with Crippen LogP contribution >= 0.6 is 0 Å². The van der Waals surface area contributed by atoms with E-state index in [1.807, 2.05) is 38.1 Å². The molecule has 0 aromatic heterocycles. The molecule has 4 rings (SSSR count). The SMILES string of the molecule is Cc1cc(C)c(S(=O)(=O)Nc2ccc(N3CCN(c4ccccc4)CC3)cc2C(=O)O)cc1C. The molecule has 0 spiro atoms. The largest absolute Gasteiger partial charge is 0.478 e. The average Bonchev–Trinajstić information content (AvgIpc) is 2.82. The lowest BCUT2D eigenvalue weighted by atomic mass is 10.1. The van der Waals surface area contributed by atoms with Crippen LogP contribution in [0.1, 0.15) is 27.0 Å². The summed E-state index contributed by atoms with van der Waals surface area (Å²) in [5, 5.41) is 9.82. The van der Waals surface area contributed by atoms with Crippen molar-refractivity contribution in [2.75, 3.05) is 40.7 Å². The van der Waals surface area contributed by atoms with Gasteiger partial charge < -0.3 is 14.9 Å². The normalized spacial score (nSPS) is 14.2. The van der Waals surface area contributed by atoms with E-state index in [2.05, 4.69) is 26.7 Å². The van der Waals surface area contributed by atoms with Gasteiger partial charge >= 0.3 is 5.97 Å². The molecule has 1 aliphatic rings. The zero-order valence-electron chi connectivity index (χ0n) is 19.6.